The molecular weight excluding hydrogens is 244 g/mol. The normalized spacial score (nSPS) is 19.2. The lowest BCUT2D eigenvalue weighted by molar-refractivity contribution is -0.384. The molecule has 6 heteroatoms. The van der Waals surface area contributed by atoms with Crippen LogP contribution in [0, 0.1) is 21.4 Å². The van der Waals surface area contributed by atoms with Crippen LogP contribution in [0.2, 0.25) is 0 Å². The van der Waals surface area contributed by atoms with Crippen molar-refractivity contribution < 1.29 is 4.92 Å². The summed E-state index contributed by atoms with van der Waals surface area (Å²) in [7, 11) is 0. The molecule has 19 heavy (non-hydrogen) atoms. The van der Waals surface area contributed by atoms with E-state index in [0.717, 1.165) is 32.4 Å². The summed E-state index contributed by atoms with van der Waals surface area (Å²) >= 11 is 0. The Morgan fingerprint density at radius 2 is 2.26 bits per heavy atom. The van der Waals surface area contributed by atoms with Gasteiger partial charge in [0, 0.05) is 18.2 Å². The summed E-state index contributed by atoms with van der Waals surface area (Å²) in [6.07, 6.45) is 3.11. The maximum atomic E-state index is 10.7. The van der Waals surface area contributed by atoms with E-state index in [4.69, 9.17) is 5.26 Å². The van der Waals surface area contributed by atoms with Gasteiger partial charge in [-0.1, -0.05) is 0 Å². The molecule has 0 radical (unpaired) electrons. The Bertz CT molecular complexity index is 502. The third-order valence-electron chi connectivity index (χ3n) is 3.27. The van der Waals surface area contributed by atoms with Gasteiger partial charge in [0.1, 0.15) is 6.07 Å². The van der Waals surface area contributed by atoms with Crippen molar-refractivity contribution in [2.75, 3.05) is 18.4 Å². The molecule has 1 fully saturated rings. The highest BCUT2D eigenvalue weighted by molar-refractivity contribution is 5.61. The van der Waals surface area contributed by atoms with Gasteiger partial charge in [-0.3, -0.25) is 10.1 Å². The standard InChI is InChI=1S/C13H16N4O2/c14-9-10-8-12(17(18)19)3-4-13(10)16-11-2-1-6-15-7-5-11/h3-4,8,11,15-16H,1-2,5-7H2. The molecule has 0 spiro atoms. The third kappa shape index (κ3) is 3.42. The minimum atomic E-state index is -0.486. The summed E-state index contributed by atoms with van der Waals surface area (Å²) in [5.41, 5.74) is 0.955. The Labute approximate surface area is 111 Å². The van der Waals surface area contributed by atoms with Crippen LogP contribution >= 0.6 is 0 Å². The van der Waals surface area contributed by atoms with Gasteiger partial charge in [0.2, 0.25) is 0 Å². The van der Waals surface area contributed by atoms with Crippen LogP contribution in [0.15, 0.2) is 18.2 Å². The first-order chi connectivity index (χ1) is 9.20. The van der Waals surface area contributed by atoms with E-state index in [2.05, 4.69) is 10.6 Å². The summed E-state index contributed by atoms with van der Waals surface area (Å²) in [5.74, 6) is 0. The molecule has 1 aliphatic heterocycles. The van der Waals surface area contributed by atoms with Crippen LogP contribution < -0.4 is 10.6 Å². The van der Waals surface area contributed by atoms with E-state index in [-0.39, 0.29) is 5.69 Å². The number of nitrogens with zero attached hydrogens (tertiary/aromatic N) is 2. The molecule has 1 unspecified atom stereocenters. The maximum absolute atomic E-state index is 10.7. The Morgan fingerprint density at radius 3 is 3.00 bits per heavy atom. The predicted molar refractivity (Wildman–Crippen MR) is 71.9 cm³/mol. The van der Waals surface area contributed by atoms with E-state index in [1.165, 1.54) is 12.1 Å². The number of hydrogen-bond acceptors (Lipinski definition) is 5. The maximum Gasteiger partial charge on any atom is 0.270 e. The fourth-order valence-corrected chi connectivity index (χ4v) is 2.25. The summed E-state index contributed by atoms with van der Waals surface area (Å²) in [5, 5.41) is 26.4. The molecule has 0 aromatic heterocycles. The van der Waals surface area contributed by atoms with Crippen molar-refractivity contribution in [3.63, 3.8) is 0 Å². The average molecular weight is 260 g/mol. The van der Waals surface area contributed by atoms with Crippen LogP contribution in [0.3, 0.4) is 0 Å². The Morgan fingerprint density at radius 1 is 1.42 bits per heavy atom. The topological polar surface area (TPSA) is 91.0 Å². The van der Waals surface area contributed by atoms with Crippen molar-refractivity contribution in [3.05, 3.63) is 33.9 Å². The average Bonchev–Trinajstić information content (AvgIpc) is 2.67. The van der Waals surface area contributed by atoms with Gasteiger partial charge in [-0.05, 0) is 38.4 Å². The molecule has 0 saturated carbocycles. The molecule has 0 aliphatic carbocycles. The summed E-state index contributed by atoms with van der Waals surface area (Å²) in [4.78, 5) is 10.2. The first-order valence-electron chi connectivity index (χ1n) is 6.36. The van der Waals surface area contributed by atoms with E-state index >= 15 is 0 Å². The van der Waals surface area contributed by atoms with Crippen LogP contribution in [-0.4, -0.2) is 24.1 Å². The van der Waals surface area contributed by atoms with E-state index < -0.39 is 4.92 Å². The number of nitro groups is 1. The first-order valence-corrected chi connectivity index (χ1v) is 6.36. The zero-order valence-corrected chi connectivity index (χ0v) is 10.6. The van der Waals surface area contributed by atoms with Gasteiger partial charge in [-0.2, -0.15) is 5.26 Å². The molecular formula is C13H16N4O2. The van der Waals surface area contributed by atoms with Crippen molar-refractivity contribution in [1.82, 2.24) is 5.32 Å². The number of non-ortho nitro benzene ring substituents is 1. The molecule has 1 saturated heterocycles. The van der Waals surface area contributed by atoms with E-state index in [1.807, 2.05) is 6.07 Å². The Kier molecular flexibility index (Phi) is 4.31. The lowest BCUT2D eigenvalue weighted by Crippen LogP contribution is -2.22. The molecule has 6 nitrogen and oxygen atoms in total. The molecule has 1 atom stereocenters. The second-order valence-corrected chi connectivity index (χ2v) is 4.62. The summed E-state index contributed by atoms with van der Waals surface area (Å²) in [6, 6.07) is 6.69. The van der Waals surface area contributed by atoms with Crippen LogP contribution in [0.25, 0.3) is 0 Å². The summed E-state index contributed by atoms with van der Waals surface area (Å²) in [6.45, 7) is 1.97. The largest absolute Gasteiger partial charge is 0.381 e. The van der Waals surface area contributed by atoms with Gasteiger partial charge in [0.15, 0.2) is 0 Å². The first kappa shape index (κ1) is 13.3. The molecule has 1 aliphatic rings. The number of nitriles is 1. The van der Waals surface area contributed by atoms with E-state index in [0.29, 0.717) is 17.3 Å². The van der Waals surface area contributed by atoms with Crippen molar-refractivity contribution in [1.29, 1.82) is 5.26 Å². The van der Waals surface area contributed by atoms with Crippen molar-refractivity contribution in [2.45, 2.75) is 25.3 Å². The van der Waals surface area contributed by atoms with Gasteiger partial charge >= 0.3 is 0 Å². The van der Waals surface area contributed by atoms with E-state index in [1.54, 1.807) is 6.07 Å². The summed E-state index contributed by atoms with van der Waals surface area (Å²) < 4.78 is 0. The lowest BCUT2D eigenvalue weighted by Gasteiger charge is -2.18. The number of anilines is 1. The van der Waals surface area contributed by atoms with Gasteiger partial charge in [-0.25, -0.2) is 0 Å². The minimum Gasteiger partial charge on any atom is -0.381 e. The highest BCUT2D eigenvalue weighted by Crippen LogP contribution is 2.23. The molecule has 2 rings (SSSR count). The van der Waals surface area contributed by atoms with E-state index in [9.17, 15) is 10.1 Å². The molecule has 0 bridgehead atoms. The quantitative estimate of drug-likeness (QED) is 0.641. The molecule has 1 heterocycles. The Hall–Kier alpha value is -2.13. The van der Waals surface area contributed by atoms with Crippen LogP contribution in [0.4, 0.5) is 11.4 Å². The second-order valence-electron chi connectivity index (χ2n) is 4.62. The highest BCUT2D eigenvalue weighted by Gasteiger charge is 2.15. The van der Waals surface area contributed by atoms with Gasteiger partial charge < -0.3 is 10.6 Å². The zero-order valence-electron chi connectivity index (χ0n) is 10.6. The van der Waals surface area contributed by atoms with Crippen LogP contribution in [0.1, 0.15) is 24.8 Å². The number of hydrogen-bond donors (Lipinski definition) is 2. The van der Waals surface area contributed by atoms with Gasteiger partial charge in [0.05, 0.1) is 16.2 Å². The SMILES string of the molecule is N#Cc1cc([N+](=O)[O-])ccc1NC1CCCNCC1. The number of nitrogens with one attached hydrogen (secondary N) is 2. The van der Waals surface area contributed by atoms with Crippen molar-refractivity contribution >= 4 is 11.4 Å². The van der Waals surface area contributed by atoms with Crippen molar-refractivity contribution in [2.24, 2.45) is 0 Å². The number of benzene rings is 1. The minimum absolute atomic E-state index is 0.0513. The smallest absolute Gasteiger partial charge is 0.270 e. The zero-order chi connectivity index (χ0) is 13.7. The van der Waals surface area contributed by atoms with Crippen LogP contribution in [0.5, 0.6) is 0 Å². The molecule has 0 amide bonds. The third-order valence-corrected chi connectivity index (χ3v) is 3.27. The predicted octanol–water partition coefficient (Wildman–Crippen LogP) is 2.02. The van der Waals surface area contributed by atoms with Gasteiger partial charge in [0.25, 0.3) is 5.69 Å². The molecule has 2 N–H and O–H groups in total. The number of nitro benzene ring substituents is 1. The Balaban J connectivity index is 2.15. The monoisotopic (exact) mass is 260 g/mol. The fourth-order valence-electron chi connectivity index (χ4n) is 2.25. The lowest BCUT2D eigenvalue weighted by atomic mass is 10.1. The highest BCUT2D eigenvalue weighted by atomic mass is 16.6. The van der Waals surface area contributed by atoms with Gasteiger partial charge in [-0.15, -0.1) is 0 Å². The fraction of sp³-hybridized carbons (Fsp3) is 0.462. The molecule has 1 aromatic carbocycles. The molecule has 1 aromatic rings. The van der Waals surface area contributed by atoms with Crippen LogP contribution in [-0.2, 0) is 0 Å². The van der Waals surface area contributed by atoms with Crippen molar-refractivity contribution in [3.8, 4) is 6.07 Å². The second kappa shape index (κ2) is 6.16. The number of rotatable bonds is 3. The molecule has 100 valence electrons.